The molecule has 1 atom stereocenters. The Labute approximate surface area is 95.4 Å². The molecule has 2 nitrogen and oxygen atoms in total. The van der Waals surface area contributed by atoms with Crippen molar-refractivity contribution in [3.8, 4) is 0 Å². The average molecular weight is 220 g/mol. The second kappa shape index (κ2) is 4.15. The third-order valence-corrected chi connectivity index (χ3v) is 3.77. The van der Waals surface area contributed by atoms with Crippen LogP contribution in [0.15, 0.2) is 18.2 Å². The Morgan fingerprint density at radius 3 is 2.88 bits per heavy atom. The number of hydrogen-bond donors (Lipinski definition) is 1. The monoisotopic (exact) mass is 220 g/mol. The normalized spacial score (nSPS) is 25.7. The predicted octanol–water partition coefficient (Wildman–Crippen LogP) is 1.72. The first kappa shape index (κ1) is 10.2. The molecule has 0 saturated carbocycles. The van der Waals surface area contributed by atoms with E-state index in [2.05, 4.69) is 16.3 Å². The molecular weight excluding hydrogens is 203 g/mol. The summed E-state index contributed by atoms with van der Waals surface area (Å²) in [5.41, 5.74) is 2.17. The standard InChI is InChI=1S/C13H17FN2/c14-12-3-1-2-11-10(12)4-5-13(11)16-8-6-15-7-9-16/h1-3,13,15H,4-9H2. The van der Waals surface area contributed by atoms with Crippen LogP contribution >= 0.6 is 0 Å². The van der Waals surface area contributed by atoms with Crippen molar-refractivity contribution in [1.82, 2.24) is 10.2 Å². The number of rotatable bonds is 1. The minimum Gasteiger partial charge on any atom is -0.314 e. The van der Waals surface area contributed by atoms with E-state index in [0.717, 1.165) is 44.6 Å². The van der Waals surface area contributed by atoms with Gasteiger partial charge in [0.1, 0.15) is 5.82 Å². The highest BCUT2D eigenvalue weighted by Gasteiger charge is 2.29. The topological polar surface area (TPSA) is 15.3 Å². The van der Waals surface area contributed by atoms with Gasteiger partial charge in [0.2, 0.25) is 0 Å². The molecule has 1 aromatic rings. The molecule has 0 aromatic heterocycles. The molecule has 2 aliphatic rings. The van der Waals surface area contributed by atoms with E-state index >= 15 is 0 Å². The van der Waals surface area contributed by atoms with Crippen molar-refractivity contribution in [1.29, 1.82) is 0 Å². The summed E-state index contributed by atoms with van der Waals surface area (Å²) in [6.45, 7) is 4.28. The Balaban J connectivity index is 1.87. The van der Waals surface area contributed by atoms with Crippen LogP contribution in [0.4, 0.5) is 4.39 Å². The molecule has 1 heterocycles. The maximum Gasteiger partial charge on any atom is 0.126 e. The van der Waals surface area contributed by atoms with Crippen LogP contribution in [0.2, 0.25) is 0 Å². The first-order valence-corrected chi connectivity index (χ1v) is 6.08. The van der Waals surface area contributed by atoms with Gasteiger partial charge in [-0.25, -0.2) is 4.39 Å². The highest BCUT2D eigenvalue weighted by Crippen LogP contribution is 2.36. The second-order valence-corrected chi connectivity index (χ2v) is 4.65. The summed E-state index contributed by atoms with van der Waals surface area (Å²) < 4.78 is 13.6. The van der Waals surface area contributed by atoms with Crippen LogP contribution < -0.4 is 5.32 Å². The van der Waals surface area contributed by atoms with E-state index in [-0.39, 0.29) is 5.82 Å². The zero-order valence-corrected chi connectivity index (χ0v) is 9.38. The number of halogens is 1. The molecule has 16 heavy (non-hydrogen) atoms. The molecule has 3 heteroatoms. The van der Waals surface area contributed by atoms with Gasteiger partial charge in [0, 0.05) is 32.2 Å². The number of benzene rings is 1. The maximum absolute atomic E-state index is 13.6. The zero-order valence-electron chi connectivity index (χ0n) is 9.38. The van der Waals surface area contributed by atoms with Gasteiger partial charge in [-0.1, -0.05) is 12.1 Å². The minimum absolute atomic E-state index is 0.0184. The largest absolute Gasteiger partial charge is 0.314 e. The number of nitrogens with zero attached hydrogens (tertiary/aromatic N) is 1. The highest BCUT2D eigenvalue weighted by molar-refractivity contribution is 5.35. The molecule has 86 valence electrons. The van der Waals surface area contributed by atoms with Gasteiger partial charge in [0.05, 0.1) is 0 Å². The zero-order chi connectivity index (χ0) is 11.0. The third kappa shape index (κ3) is 1.64. The van der Waals surface area contributed by atoms with Crippen LogP contribution in [0.5, 0.6) is 0 Å². The molecule has 3 rings (SSSR count). The van der Waals surface area contributed by atoms with Crippen molar-refractivity contribution in [2.45, 2.75) is 18.9 Å². The molecule has 1 unspecified atom stereocenters. The number of fused-ring (bicyclic) bond motifs is 1. The van der Waals surface area contributed by atoms with Gasteiger partial charge in [-0.3, -0.25) is 4.90 Å². The molecule has 1 aliphatic carbocycles. The summed E-state index contributed by atoms with van der Waals surface area (Å²) in [7, 11) is 0. The van der Waals surface area contributed by atoms with Crippen LogP contribution in [0, 0.1) is 5.82 Å². The lowest BCUT2D eigenvalue weighted by molar-refractivity contribution is 0.173. The fourth-order valence-electron chi connectivity index (χ4n) is 2.96. The predicted molar refractivity (Wildman–Crippen MR) is 61.9 cm³/mol. The molecule has 0 amide bonds. The lowest BCUT2D eigenvalue weighted by atomic mass is 10.1. The van der Waals surface area contributed by atoms with Crippen molar-refractivity contribution in [3.05, 3.63) is 35.1 Å². The van der Waals surface area contributed by atoms with E-state index in [1.54, 1.807) is 6.07 Å². The van der Waals surface area contributed by atoms with Gasteiger partial charge in [0.25, 0.3) is 0 Å². The Bertz CT molecular complexity index is 386. The smallest absolute Gasteiger partial charge is 0.126 e. The van der Waals surface area contributed by atoms with Gasteiger partial charge in [-0.15, -0.1) is 0 Å². The van der Waals surface area contributed by atoms with Crippen molar-refractivity contribution in [3.63, 3.8) is 0 Å². The summed E-state index contributed by atoms with van der Waals surface area (Å²) in [5, 5.41) is 3.36. The molecule has 0 spiro atoms. The fraction of sp³-hybridized carbons (Fsp3) is 0.538. The lowest BCUT2D eigenvalue weighted by Gasteiger charge is -2.33. The Morgan fingerprint density at radius 2 is 2.06 bits per heavy atom. The van der Waals surface area contributed by atoms with Crippen molar-refractivity contribution in [2.24, 2.45) is 0 Å². The van der Waals surface area contributed by atoms with E-state index < -0.39 is 0 Å². The van der Waals surface area contributed by atoms with Crippen LogP contribution in [-0.2, 0) is 6.42 Å². The molecule has 0 radical (unpaired) electrons. The van der Waals surface area contributed by atoms with Crippen LogP contribution in [0.25, 0.3) is 0 Å². The SMILES string of the molecule is Fc1cccc2c1CCC2N1CCNCC1. The Kier molecular flexibility index (Phi) is 2.65. The van der Waals surface area contributed by atoms with Gasteiger partial charge in [0.15, 0.2) is 0 Å². The molecule has 1 aromatic carbocycles. The summed E-state index contributed by atoms with van der Waals surface area (Å²) in [6.07, 6.45) is 1.98. The Hall–Kier alpha value is -0.930. The fourth-order valence-corrected chi connectivity index (χ4v) is 2.96. The maximum atomic E-state index is 13.6. The van der Waals surface area contributed by atoms with Gasteiger partial charge in [-0.2, -0.15) is 0 Å². The van der Waals surface area contributed by atoms with Crippen molar-refractivity contribution >= 4 is 0 Å². The molecule has 1 saturated heterocycles. The average Bonchev–Trinajstić information content (AvgIpc) is 2.75. The van der Waals surface area contributed by atoms with E-state index in [9.17, 15) is 4.39 Å². The summed E-state index contributed by atoms with van der Waals surface area (Å²) in [5.74, 6) is -0.0184. The van der Waals surface area contributed by atoms with Gasteiger partial charge in [-0.05, 0) is 30.0 Å². The molecule has 1 N–H and O–H groups in total. The minimum atomic E-state index is -0.0184. The van der Waals surface area contributed by atoms with Gasteiger partial charge < -0.3 is 5.32 Å². The number of piperazine rings is 1. The lowest BCUT2D eigenvalue weighted by Crippen LogP contribution is -2.44. The highest BCUT2D eigenvalue weighted by atomic mass is 19.1. The second-order valence-electron chi connectivity index (χ2n) is 4.65. The Morgan fingerprint density at radius 1 is 1.25 bits per heavy atom. The van der Waals surface area contributed by atoms with Crippen molar-refractivity contribution < 1.29 is 4.39 Å². The van der Waals surface area contributed by atoms with E-state index in [4.69, 9.17) is 0 Å². The summed E-state index contributed by atoms with van der Waals surface area (Å²) >= 11 is 0. The molecule has 0 bridgehead atoms. The van der Waals surface area contributed by atoms with Crippen LogP contribution in [-0.4, -0.2) is 31.1 Å². The molecular formula is C13H17FN2. The summed E-state index contributed by atoms with van der Waals surface area (Å²) in [6, 6.07) is 5.97. The van der Waals surface area contributed by atoms with E-state index in [1.165, 1.54) is 5.56 Å². The molecule has 1 aliphatic heterocycles. The number of hydrogen-bond acceptors (Lipinski definition) is 2. The van der Waals surface area contributed by atoms with Crippen LogP contribution in [0.1, 0.15) is 23.6 Å². The van der Waals surface area contributed by atoms with E-state index in [1.807, 2.05) is 6.07 Å². The molecule has 1 fully saturated rings. The van der Waals surface area contributed by atoms with E-state index in [0.29, 0.717) is 6.04 Å². The van der Waals surface area contributed by atoms with Gasteiger partial charge >= 0.3 is 0 Å². The van der Waals surface area contributed by atoms with Crippen molar-refractivity contribution in [2.75, 3.05) is 26.2 Å². The van der Waals surface area contributed by atoms with Crippen LogP contribution in [0.3, 0.4) is 0 Å². The number of nitrogens with one attached hydrogen (secondary N) is 1. The first-order chi connectivity index (χ1) is 7.86. The quantitative estimate of drug-likeness (QED) is 0.775. The third-order valence-electron chi connectivity index (χ3n) is 3.77. The summed E-state index contributed by atoms with van der Waals surface area (Å²) in [4.78, 5) is 2.49. The first-order valence-electron chi connectivity index (χ1n) is 6.08.